The van der Waals surface area contributed by atoms with Crippen LogP contribution in [-0.4, -0.2) is 55.1 Å². The van der Waals surface area contributed by atoms with E-state index in [1.165, 1.54) is 6.07 Å². The molecule has 2 heterocycles. The second kappa shape index (κ2) is 8.35. The molecular weight excluding hydrogens is 355 g/mol. The molecule has 1 fully saturated rings. The maximum Gasteiger partial charge on any atom is 0.252 e. The number of piperazine rings is 1. The van der Waals surface area contributed by atoms with Crippen molar-refractivity contribution in [2.24, 2.45) is 0 Å². The fourth-order valence-corrected chi connectivity index (χ4v) is 3.53. The molecule has 0 bridgehead atoms. The van der Waals surface area contributed by atoms with Crippen LogP contribution >= 0.6 is 0 Å². The number of carbonyl (C=O) groups excluding carboxylic acids is 1. The van der Waals surface area contributed by atoms with Crippen molar-refractivity contribution in [1.82, 2.24) is 15.2 Å². The summed E-state index contributed by atoms with van der Waals surface area (Å²) in [6, 6.07) is 16.4. The Morgan fingerprint density at radius 1 is 1.04 bits per heavy atom. The second-order valence-corrected chi connectivity index (χ2v) is 6.98. The number of hydrogen-bond acceptors (Lipinski definition) is 4. The van der Waals surface area contributed by atoms with Gasteiger partial charge in [0.05, 0.1) is 11.1 Å². The zero-order valence-electron chi connectivity index (χ0n) is 15.6. The Labute approximate surface area is 163 Å². The van der Waals surface area contributed by atoms with Gasteiger partial charge in [0.25, 0.3) is 5.91 Å². The van der Waals surface area contributed by atoms with Crippen molar-refractivity contribution in [3.05, 3.63) is 72.2 Å². The molecule has 1 saturated heterocycles. The van der Waals surface area contributed by atoms with Crippen LogP contribution in [0, 0.1) is 5.82 Å². The number of aromatic nitrogens is 1. The van der Waals surface area contributed by atoms with Gasteiger partial charge in [0, 0.05) is 56.5 Å². The zero-order chi connectivity index (χ0) is 19.3. The predicted octanol–water partition coefficient (Wildman–Crippen LogP) is 2.93. The Morgan fingerprint density at radius 2 is 1.86 bits per heavy atom. The molecule has 4 rings (SSSR count). The Balaban J connectivity index is 1.24. The van der Waals surface area contributed by atoms with Crippen LogP contribution in [0.15, 0.2) is 60.8 Å². The molecule has 0 aliphatic carbocycles. The van der Waals surface area contributed by atoms with Crippen LogP contribution in [0.2, 0.25) is 0 Å². The third-order valence-electron chi connectivity index (χ3n) is 5.11. The molecule has 5 nitrogen and oxygen atoms in total. The van der Waals surface area contributed by atoms with Gasteiger partial charge in [0.15, 0.2) is 0 Å². The van der Waals surface area contributed by atoms with Crippen molar-refractivity contribution in [2.75, 3.05) is 44.2 Å². The molecular formula is C22H23FN4O. The first-order valence-electron chi connectivity index (χ1n) is 9.55. The SMILES string of the molecule is O=C(NCCN1CCN(c2cccc(F)c2)CC1)c1cnc2ccccc2c1. The lowest BCUT2D eigenvalue weighted by Crippen LogP contribution is -2.48. The molecule has 0 spiro atoms. The molecule has 1 aliphatic heterocycles. The zero-order valence-corrected chi connectivity index (χ0v) is 15.6. The minimum atomic E-state index is -0.203. The van der Waals surface area contributed by atoms with Crippen LogP contribution in [0.4, 0.5) is 10.1 Å². The van der Waals surface area contributed by atoms with Crippen LogP contribution < -0.4 is 10.2 Å². The fourth-order valence-electron chi connectivity index (χ4n) is 3.53. The topological polar surface area (TPSA) is 48.5 Å². The summed E-state index contributed by atoms with van der Waals surface area (Å²) in [5, 5.41) is 3.94. The van der Waals surface area contributed by atoms with Gasteiger partial charge < -0.3 is 10.2 Å². The number of nitrogens with zero attached hydrogens (tertiary/aromatic N) is 3. The number of rotatable bonds is 5. The first-order valence-corrected chi connectivity index (χ1v) is 9.55. The average Bonchev–Trinajstić information content (AvgIpc) is 2.74. The van der Waals surface area contributed by atoms with E-state index in [4.69, 9.17) is 0 Å². The Kier molecular flexibility index (Phi) is 5.48. The van der Waals surface area contributed by atoms with Crippen LogP contribution in [0.3, 0.4) is 0 Å². The summed E-state index contributed by atoms with van der Waals surface area (Å²) in [4.78, 5) is 21.2. The molecule has 1 N–H and O–H groups in total. The molecule has 1 aromatic heterocycles. The van der Waals surface area contributed by atoms with Gasteiger partial charge in [-0.2, -0.15) is 0 Å². The molecule has 0 saturated carbocycles. The van der Waals surface area contributed by atoms with Crippen molar-refractivity contribution < 1.29 is 9.18 Å². The second-order valence-electron chi connectivity index (χ2n) is 6.98. The summed E-state index contributed by atoms with van der Waals surface area (Å²) < 4.78 is 13.4. The maximum absolute atomic E-state index is 13.4. The molecule has 1 amide bonds. The normalized spacial score (nSPS) is 15.0. The number of para-hydroxylation sites is 1. The summed E-state index contributed by atoms with van der Waals surface area (Å²) in [5.41, 5.74) is 2.39. The first-order chi connectivity index (χ1) is 13.7. The largest absolute Gasteiger partial charge is 0.369 e. The molecule has 6 heteroatoms. The molecule has 28 heavy (non-hydrogen) atoms. The van der Waals surface area contributed by atoms with E-state index >= 15 is 0 Å². The number of pyridine rings is 1. The molecule has 144 valence electrons. The van der Waals surface area contributed by atoms with Crippen molar-refractivity contribution >= 4 is 22.5 Å². The molecule has 0 atom stereocenters. The van der Waals surface area contributed by atoms with E-state index in [9.17, 15) is 9.18 Å². The third-order valence-corrected chi connectivity index (χ3v) is 5.11. The van der Waals surface area contributed by atoms with Crippen LogP contribution in [0.5, 0.6) is 0 Å². The van der Waals surface area contributed by atoms with E-state index in [1.807, 2.05) is 36.4 Å². The van der Waals surface area contributed by atoms with Crippen LogP contribution in [0.1, 0.15) is 10.4 Å². The van der Waals surface area contributed by atoms with Crippen molar-refractivity contribution in [3.63, 3.8) is 0 Å². The monoisotopic (exact) mass is 378 g/mol. The van der Waals surface area contributed by atoms with Crippen molar-refractivity contribution in [3.8, 4) is 0 Å². The van der Waals surface area contributed by atoms with Gasteiger partial charge in [0.1, 0.15) is 5.82 Å². The lowest BCUT2D eigenvalue weighted by molar-refractivity contribution is 0.0947. The van der Waals surface area contributed by atoms with E-state index in [2.05, 4.69) is 20.1 Å². The van der Waals surface area contributed by atoms with Crippen molar-refractivity contribution in [2.45, 2.75) is 0 Å². The quantitative estimate of drug-likeness (QED) is 0.742. The van der Waals surface area contributed by atoms with Gasteiger partial charge in [-0.1, -0.05) is 24.3 Å². The van der Waals surface area contributed by atoms with Gasteiger partial charge in [0.2, 0.25) is 0 Å². The number of halogens is 1. The lowest BCUT2D eigenvalue weighted by atomic mass is 10.1. The summed E-state index contributed by atoms with van der Waals surface area (Å²) in [5.74, 6) is -0.303. The minimum absolute atomic E-state index is 0.100. The third kappa shape index (κ3) is 4.28. The van der Waals surface area contributed by atoms with E-state index in [0.29, 0.717) is 12.1 Å². The molecule has 0 unspecified atom stereocenters. The molecule has 1 aliphatic rings. The summed E-state index contributed by atoms with van der Waals surface area (Å²) >= 11 is 0. The van der Waals surface area contributed by atoms with Gasteiger partial charge in [-0.05, 0) is 30.3 Å². The van der Waals surface area contributed by atoms with E-state index in [-0.39, 0.29) is 11.7 Å². The number of nitrogens with one attached hydrogen (secondary N) is 1. The van der Waals surface area contributed by atoms with E-state index in [0.717, 1.165) is 49.3 Å². The summed E-state index contributed by atoms with van der Waals surface area (Å²) in [7, 11) is 0. The van der Waals surface area contributed by atoms with Crippen LogP contribution in [-0.2, 0) is 0 Å². The molecule has 2 aromatic carbocycles. The highest BCUT2D eigenvalue weighted by molar-refractivity contribution is 5.97. The van der Waals surface area contributed by atoms with Gasteiger partial charge in [-0.15, -0.1) is 0 Å². The van der Waals surface area contributed by atoms with Gasteiger partial charge >= 0.3 is 0 Å². The number of carbonyl (C=O) groups is 1. The molecule has 3 aromatic rings. The van der Waals surface area contributed by atoms with Crippen LogP contribution in [0.25, 0.3) is 10.9 Å². The smallest absolute Gasteiger partial charge is 0.252 e. The highest BCUT2D eigenvalue weighted by Gasteiger charge is 2.17. The Hall–Kier alpha value is -2.99. The Bertz CT molecular complexity index is 969. The Morgan fingerprint density at radius 3 is 2.68 bits per heavy atom. The highest BCUT2D eigenvalue weighted by Crippen LogP contribution is 2.17. The minimum Gasteiger partial charge on any atom is -0.369 e. The fraction of sp³-hybridized carbons (Fsp3) is 0.273. The summed E-state index contributed by atoms with van der Waals surface area (Å²) in [6.07, 6.45) is 1.62. The molecule has 0 radical (unpaired) electrons. The van der Waals surface area contributed by atoms with Crippen molar-refractivity contribution in [1.29, 1.82) is 0 Å². The standard InChI is InChI=1S/C22H23FN4O/c23-19-5-3-6-20(15-19)27-12-10-26(11-13-27)9-8-24-22(28)18-14-17-4-1-2-7-21(17)25-16-18/h1-7,14-16H,8-13H2,(H,24,28). The summed E-state index contributed by atoms with van der Waals surface area (Å²) in [6.45, 7) is 4.88. The predicted molar refractivity (Wildman–Crippen MR) is 109 cm³/mol. The van der Waals surface area contributed by atoms with E-state index in [1.54, 1.807) is 18.3 Å². The maximum atomic E-state index is 13.4. The first kappa shape index (κ1) is 18.4. The van der Waals surface area contributed by atoms with Gasteiger partial charge in [-0.3, -0.25) is 14.7 Å². The number of anilines is 1. The average molecular weight is 378 g/mol. The highest BCUT2D eigenvalue weighted by atomic mass is 19.1. The lowest BCUT2D eigenvalue weighted by Gasteiger charge is -2.36. The number of hydrogen-bond donors (Lipinski definition) is 1. The number of amides is 1. The van der Waals surface area contributed by atoms with E-state index < -0.39 is 0 Å². The number of fused-ring (bicyclic) bond motifs is 1. The number of benzene rings is 2. The van der Waals surface area contributed by atoms with Gasteiger partial charge in [-0.25, -0.2) is 4.39 Å².